The van der Waals surface area contributed by atoms with Gasteiger partial charge in [0.2, 0.25) is 0 Å². The van der Waals surface area contributed by atoms with Crippen LogP contribution >= 0.6 is 11.3 Å². The lowest BCUT2D eigenvalue weighted by Gasteiger charge is -2.14. The fourth-order valence-electron chi connectivity index (χ4n) is 8.35. The van der Waals surface area contributed by atoms with Crippen molar-refractivity contribution in [2.45, 2.75) is 0 Å². The van der Waals surface area contributed by atoms with Crippen molar-refractivity contribution in [2.75, 3.05) is 0 Å². The molecule has 0 saturated heterocycles. The van der Waals surface area contributed by atoms with Crippen LogP contribution in [0.1, 0.15) is 0 Å². The molecule has 5 nitrogen and oxygen atoms in total. The SMILES string of the molecule is c1ccc(-c2nc3c(nc2-n2c4ccccc4c4cc(-n5c6ccccc6c6ccccc65)c5oc6ccccc6c5c42)sc2ccccc23)cc1. The van der Waals surface area contributed by atoms with Gasteiger partial charge in [-0.25, -0.2) is 9.97 Å². The molecule has 0 unspecified atom stereocenters. The first-order valence-electron chi connectivity index (χ1n) is 17.4. The zero-order valence-corrected chi connectivity index (χ0v) is 28.4. The van der Waals surface area contributed by atoms with Crippen LogP contribution in [-0.4, -0.2) is 19.1 Å². The number of hydrogen-bond acceptors (Lipinski definition) is 4. The van der Waals surface area contributed by atoms with Crippen molar-refractivity contribution in [1.82, 2.24) is 19.1 Å². The Hall–Kier alpha value is -6.76. The molecule has 0 N–H and O–H groups in total. The van der Waals surface area contributed by atoms with Crippen LogP contribution in [-0.2, 0) is 0 Å². The number of para-hydroxylation sites is 4. The molecule has 0 aliphatic rings. The summed E-state index contributed by atoms with van der Waals surface area (Å²) < 4.78 is 12.8. The van der Waals surface area contributed by atoms with Gasteiger partial charge in [-0.1, -0.05) is 121 Å². The van der Waals surface area contributed by atoms with E-state index in [4.69, 9.17) is 14.4 Å². The van der Waals surface area contributed by atoms with Crippen molar-refractivity contribution in [3.05, 3.63) is 158 Å². The quantitative estimate of drug-likeness (QED) is 0.186. The van der Waals surface area contributed by atoms with E-state index in [1.54, 1.807) is 11.3 Å². The van der Waals surface area contributed by atoms with E-state index in [9.17, 15) is 0 Å². The third-order valence-corrected chi connectivity index (χ3v) is 11.6. The van der Waals surface area contributed by atoms with Crippen LogP contribution in [0.3, 0.4) is 0 Å². The molecule has 0 amide bonds. The number of benzene rings is 7. The van der Waals surface area contributed by atoms with Crippen molar-refractivity contribution >= 4 is 97.3 Å². The van der Waals surface area contributed by atoms with E-state index in [2.05, 4.69) is 155 Å². The van der Waals surface area contributed by atoms with Gasteiger partial charge in [-0.2, -0.15) is 0 Å². The third-order valence-electron chi connectivity index (χ3n) is 10.5. The molecular weight excluding hydrogens is 657 g/mol. The van der Waals surface area contributed by atoms with Crippen LogP contribution in [0.15, 0.2) is 162 Å². The first-order valence-corrected chi connectivity index (χ1v) is 18.2. The minimum Gasteiger partial charge on any atom is -0.454 e. The molecule has 0 radical (unpaired) electrons. The predicted molar refractivity (Wildman–Crippen MR) is 216 cm³/mol. The normalized spacial score (nSPS) is 12.2. The second-order valence-corrected chi connectivity index (χ2v) is 14.4. The lowest BCUT2D eigenvalue weighted by atomic mass is 10.1. The van der Waals surface area contributed by atoms with Gasteiger partial charge < -0.3 is 8.98 Å². The number of furan rings is 1. The Morgan fingerprint density at radius 2 is 1.08 bits per heavy atom. The molecule has 52 heavy (non-hydrogen) atoms. The molecule has 0 aliphatic heterocycles. The van der Waals surface area contributed by atoms with Crippen LogP contribution in [0.2, 0.25) is 0 Å². The van der Waals surface area contributed by atoms with Crippen molar-refractivity contribution in [2.24, 2.45) is 0 Å². The lowest BCUT2D eigenvalue weighted by molar-refractivity contribution is 0.666. The molecule has 12 aromatic rings. The van der Waals surface area contributed by atoms with Crippen molar-refractivity contribution in [1.29, 1.82) is 0 Å². The van der Waals surface area contributed by atoms with Crippen LogP contribution in [0.5, 0.6) is 0 Å². The smallest absolute Gasteiger partial charge is 0.166 e. The van der Waals surface area contributed by atoms with Gasteiger partial charge in [0.25, 0.3) is 0 Å². The highest BCUT2D eigenvalue weighted by Gasteiger charge is 2.27. The van der Waals surface area contributed by atoms with E-state index in [0.717, 1.165) is 93.3 Å². The van der Waals surface area contributed by atoms with Crippen LogP contribution < -0.4 is 0 Å². The number of rotatable bonds is 3. The summed E-state index contributed by atoms with van der Waals surface area (Å²) in [7, 11) is 0. The van der Waals surface area contributed by atoms with Crippen LogP contribution in [0, 0.1) is 0 Å². The zero-order valence-electron chi connectivity index (χ0n) is 27.6. The predicted octanol–water partition coefficient (Wildman–Crippen LogP) is 12.6. The number of hydrogen-bond donors (Lipinski definition) is 0. The summed E-state index contributed by atoms with van der Waals surface area (Å²) in [6.07, 6.45) is 0. The first-order chi connectivity index (χ1) is 25.8. The molecule has 0 saturated carbocycles. The number of fused-ring (bicyclic) bond motifs is 13. The van der Waals surface area contributed by atoms with Gasteiger partial charge >= 0.3 is 0 Å². The molecule has 6 heteroatoms. The molecule has 12 rings (SSSR count). The Labute approximate surface area is 300 Å². The molecule has 0 fully saturated rings. The fourth-order valence-corrected chi connectivity index (χ4v) is 9.36. The van der Waals surface area contributed by atoms with Crippen LogP contribution in [0.25, 0.3) is 109 Å². The van der Waals surface area contributed by atoms with Gasteiger partial charge in [0.1, 0.15) is 21.6 Å². The Morgan fingerprint density at radius 1 is 0.500 bits per heavy atom. The van der Waals surface area contributed by atoms with Crippen molar-refractivity contribution < 1.29 is 4.42 Å². The summed E-state index contributed by atoms with van der Waals surface area (Å²) in [5.41, 5.74) is 9.87. The second-order valence-electron chi connectivity index (χ2n) is 13.3. The largest absolute Gasteiger partial charge is 0.454 e. The van der Waals surface area contributed by atoms with Crippen LogP contribution in [0.4, 0.5) is 0 Å². The van der Waals surface area contributed by atoms with E-state index in [-0.39, 0.29) is 0 Å². The second kappa shape index (κ2) is 10.4. The van der Waals surface area contributed by atoms with E-state index in [1.165, 1.54) is 15.5 Å². The Morgan fingerprint density at radius 3 is 1.81 bits per heavy atom. The molecule has 7 aromatic carbocycles. The molecule has 242 valence electrons. The average molecular weight is 683 g/mol. The maximum atomic E-state index is 6.96. The highest BCUT2D eigenvalue weighted by molar-refractivity contribution is 7.25. The van der Waals surface area contributed by atoms with Gasteiger partial charge in [0.05, 0.1) is 33.1 Å². The highest BCUT2D eigenvalue weighted by Crippen LogP contribution is 2.46. The zero-order chi connectivity index (χ0) is 33.9. The Kier molecular flexibility index (Phi) is 5.59. The molecule has 0 aliphatic carbocycles. The number of nitrogens with zero attached hydrogens (tertiary/aromatic N) is 4. The molecule has 0 atom stereocenters. The summed E-state index contributed by atoms with van der Waals surface area (Å²) in [5, 5.41) is 7.94. The van der Waals surface area contributed by atoms with Gasteiger partial charge in [-0.05, 0) is 36.4 Å². The minimum absolute atomic E-state index is 0.799. The van der Waals surface area contributed by atoms with Gasteiger partial charge in [-0.15, -0.1) is 11.3 Å². The standard InChI is InChI=1S/C46H26N4OS/c1-2-14-27(15-3-1)41-45(48-46-42(47-41)32-20-8-13-25-39(32)52-46)50-36-23-11-6-18-30(36)33-26-37(44-40(43(33)50)31-19-7-12-24-38(31)51-44)49-34-21-9-4-16-28(34)29-17-5-10-22-35(29)49/h1-26H. The fraction of sp³-hybridized carbons (Fsp3) is 0. The summed E-state index contributed by atoms with van der Waals surface area (Å²) in [6, 6.07) is 55.6. The Bertz CT molecular complexity index is 3370. The third kappa shape index (κ3) is 3.71. The van der Waals surface area contributed by atoms with E-state index >= 15 is 0 Å². The van der Waals surface area contributed by atoms with Gasteiger partial charge in [0.15, 0.2) is 11.4 Å². The maximum Gasteiger partial charge on any atom is 0.166 e. The summed E-state index contributed by atoms with van der Waals surface area (Å²) in [5.74, 6) is 0.799. The highest BCUT2D eigenvalue weighted by atomic mass is 32.1. The summed E-state index contributed by atoms with van der Waals surface area (Å²) >= 11 is 1.69. The summed E-state index contributed by atoms with van der Waals surface area (Å²) in [4.78, 5) is 11.9. The monoisotopic (exact) mass is 682 g/mol. The average Bonchev–Trinajstić information content (AvgIpc) is 3.95. The lowest BCUT2D eigenvalue weighted by Crippen LogP contribution is -2.03. The van der Waals surface area contributed by atoms with E-state index < -0.39 is 0 Å². The first kappa shape index (κ1) is 28.0. The van der Waals surface area contributed by atoms with E-state index in [0.29, 0.717) is 0 Å². The van der Waals surface area contributed by atoms with Crippen molar-refractivity contribution in [3.63, 3.8) is 0 Å². The number of aromatic nitrogens is 4. The maximum absolute atomic E-state index is 6.96. The van der Waals surface area contributed by atoms with Gasteiger partial charge in [-0.3, -0.25) is 4.57 Å². The van der Waals surface area contributed by atoms with Gasteiger partial charge in [0, 0.05) is 42.6 Å². The molecular formula is C46H26N4OS. The topological polar surface area (TPSA) is 48.8 Å². The Balaban J connectivity index is 1.31. The molecule has 0 bridgehead atoms. The molecule has 5 heterocycles. The molecule has 5 aromatic heterocycles. The van der Waals surface area contributed by atoms with Crippen molar-refractivity contribution in [3.8, 4) is 22.8 Å². The summed E-state index contributed by atoms with van der Waals surface area (Å²) in [6.45, 7) is 0. The molecule has 0 spiro atoms. The number of thiophene rings is 1. The van der Waals surface area contributed by atoms with E-state index in [1.807, 2.05) is 12.1 Å². The minimum atomic E-state index is 0.799.